The summed E-state index contributed by atoms with van der Waals surface area (Å²) in [6.07, 6.45) is 1.58. The van der Waals surface area contributed by atoms with Crippen LogP contribution in [0.2, 0.25) is 0 Å². The third-order valence-electron chi connectivity index (χ3n) is 2.27. The summed E-state index contributed by atoms with van der Waals surface area (Å²) in [6, 6.07) is 8.74. The number of benzene rings is 1. The highest BCUT2D eigenvalue weighted by Crippen LogP contribution is 2.31. The van der Waals surface area contributed by atoms with Crippen molar-refractivity contribution < 1.29 is 9.90 Å². The zero-order chi connectivity index (χ0) is 12.0. The molecule has 0 saturated carbocycles. The number of hydrogen-bond acceptors (Lipinski definition) is 2. The van der Waals surface area contributed by atoms with Gasteiger partial charge in [0.1, 0.15) is 0 Å². The number of aliphatic hydroxyl groups is 1. The molecule has 0 fully saturated rings. The fourth-order valence-electron chi connectivity index (χ4n) is 1.37. The van der Waals surface area contributed by atoms with Crippen LogP contribution in [0.25, 0.3) is 0 Å². The van der Waals surface area contributed by atoms with Gasteiger partial charge in [0.2, 0.25) is 0 Å². The zero-order valence-corrected chi connectivity index (χ0v) is 10.3. The largest absolute Gasteiger partial charge is 0.396 e. The molecule has 2 nitrogen and oxygen atoms in total. The average molecular weight is 261 g/mol. The van der Waals surface area contributed by atoms with E-state index in [-0.39, 0.29) is 12.4 Å². The van der Waals surface area contributed by atoms with Gasteiger partial charge in [0.25, 0.3) is 0 Å². The molecule has 0 spiro atoms. The minimum atomic E-state index is -1.39. The summed E-state index contributed by atoms with van der Waals surface area (Å²) in [5.41, 5.74) is 0.511. The molecule has 0 aliphatic carbocycles. The first-order chi connectivity index (χ1) is 7.58. The van der Waals surface area contributed by atoms with Crippen molar-refractivity contribution in [3.8, 4) is 0 Å². The Bertz CT molecular complexity index is 336. The number of carbonyl (C=O) groups excluding carboxylic acids is 1. The Morgan fingerprint density at radius 1 is 1.19 bits per heavy atom. The number of halogens is 2. The first-order valence-electron chi connectivity index (χ1n) is 5.16. The fourth-order valence-corrected chi connectivity index (χ4v) is 1.86. The van der Waals surface area contributed by atoms with Crippen molar-refractivity contribution in [2.24, 2.45) is 0 Å². The smallest absolute Gasteiger partial charge is 0.198 e. The van der Waals surface area contributed by atoms with Crippen LogP contribution in [-0.4, -0.2) is 21.8 Å². The van der Waals surface area contributed by atoms with E-state index < -0.39 is 4.33 Å². The van der Waals surface area contributed by atoms with Crippen molar-refractivity contribution >= 4 is 29.0 Å². The lowest BCUT2D eigenvalue weighted by Crippen LogP contribution is -2.26. The summed E-state index contributed by atoms with van der Waals surface area (Å²) in [5, 5.41) is 8.65. The van der Waals surface area contributed by atoms with Crippen molar-refractivity contribution in [3.63, 3.8) is 0 Å². The van der Waals surface area contributed by atoms with E-state index >= 15 is 0 Å². The van der Waals surface area contributed by atoms with Gasteiger partial charge in [-0.3, -0.25) is 4.79 Å². The van der Waals surface area contributed by atoms with Gasteiger partial charge in [-0.1, -0.05) is 53.5 Å². The molecule has 1 aromatic rings. The molecule has 0 atom stereocenters. The number of Topliss-reactive ketones (excluding diaryl/α,β-unsaturated/α-hetero) is 1. The predicted octanol–water partition coefficient (Wildman–Crippen LogP) is 3.21. The van der Waals surface area contributed by atoms with E-state index in [1.807, 2.05) is 6.07 Å². The van der Waals surface area contributed by atoms with Crippen LogP contribution in [0.4, 0.5) is 0 Å². The van der Waals surface area contributed by atoms with E-state index in [0.717, 1.165) is 0 Å². The maximum Gasteiger partial charge on any atom is 0.198 e. The molecule has 1 rings (SSSR count). The molecular formula is C12H14Cl2O2. The van der Waals surface area contributed by atoms with E-state index in [9.17, 15) is 4.79 Å². The molecule has 0 saturated heterocycles. The first-order valence-corrected chi connectivity index (χ1v) is 5.92. The Morgan fingerprint density at radius 3 is 2.38 bits per heavy atom. The number of unbranched alkanes of at least 4 members (excludes halogenated alkanes) is 1. The number of alkyl halides is 2. The summed E-state index contributed by atoms with van der Waals surface area (Å²) in [4.78, 5) is 11.9. The Balaban J connectivity index is 2.65. The topological polar surface area (TPSA) is 37.3 Å². The lowest BCUT2D eigenvalue weighted by molar-refractivity contribution is 0.0967. The van der Waals surface area contributed by atoms with Crippen LogP contribution in [0.3, 0.4) is 0 Å². The van der Waals surface area contributed by atoms with Crippen molar-refractivity contribution in [2.45, 2.75) is 23.6 Å². The summed E-state index contributed by atoms with van der Waals surface area (Å²) >= 11 is 12.0. The van der Waals surface area contributed by atoms with E-state index in [0.29, 0.717) is 24.8 Å². The fraction of sp³-hybridized carbons (Fsp3) is 0.417. The molecule has 1 aromatic carbocycles. The van der Waals surface area contributed by atoms with Gasteiger partial charge in [0.15, 0.2) is 10.1 Å². The van der Waals surface area contributed by atoms with Crippen LogP contribution >= 0.6 is 23.2 Å². The Kier molecular flexibility index (Phi) is 5.26. The minimum Gasteiger partial charge on any atom is -0.396 e. The normalized spacial score (nSPS) is 11.4. The van der Waals surface area contributed by atoms with Crippen LogP contribution in [0.1, 0.15) is 29.6 Å². The second kappa shape index (κ2) is 6.24. The predicted molar refractivity (Wildman–Crippen MR) is 66.1 cm³/mol. The SMILES string of the molecule is O=C(c1ccccc1)C(Cl)(Cl)CCCCO. The van der Waals surface area contributed by atoms with Crippen LogP contribution in [0.5, 0.6) is 0 Å². The van der Waals surface area contributed by atoms with Crippen molar-refractivity contribution in [1.29, 1.82) is 0 Å². The second-order valence-electron chi connectivity index (χ2n) is 3.58. The van der Waals surface area contributed by atoms with Crippen molar-refractivity contribution in [1.82, 2.24) is 0 Å². The molecule has 0 aliphatic rings. The highest BCUT2D eigenvalue weighted by atomic mass is 35.5. The van der Waals surface area contributed by atoms with Gasteiger partial charge < -0.3 is 5.11 Å². The molecule has 4 heteroatoms. The molecule has 0 aromatic heterocycles. The average Bonchev–Trinajstić information content (AvgIpc) is 2.29. The van der Waals surface area contributed by atoms with Gasteiger partial charge in [0.05, 0.1) is 0 Å². The number of carbonyl (C=O) groups is 1. The Morgan fingerprint density at radius 2 is 1.81 bits per heavy atom. The molecule has 0 bridgehead atoms. The van der Waals surface area contributed by atoms with Crippen LogP contribution < -0.4 is 0 Å². The highest BCUT2D eigenvalue weighted by molar-refractivity contribution is 6.59. The summed E-state index contributed by atoms with van der Waals surface area (Å²) in [6.45, 7) is 0.0867. The molecule has 0 unspecified atom stereocenters. The van der Waals surface area contributed by atoms with Crippen LogP contribution in [0, 0.1) is 0 Å². The lowest BCUT2D eigenvalue weighted by Gasteiger charge is -2.17. The maximum absolute atomic E-state index is 11.9. The molecule has 0 heterocycles. The van der Waals surface area contributed by atoms with Gasteiger partial charge in [-0.2, -0.15) is 0 Å². The number of aliphatic hydroxyl groups excluding tert-OH is 1. The molecule has 0 radical (unpaired) electrons. The van der Waals surface area contributed by atoms with Gasteiger partial charge in [-0.05, 0) is 19.3 Å². The number of ketones is 1. The van der Waals surface area contributed by atoms with Crippen LogP contribution in [-0.2, 0) is 0 Å². The number of hydrogen-bond donors (Lipinski definition) is 1. The molecule has 1 N–H and O–H groups in total. The summed E-state index contributed by atoms with van der Waals surface area (Å²) < 4.78 is -1.39. The third kappa shape index (κ3) is 3.78. The zero-order valence-electron chi connectivity index (χ0n) is 8.83. The standard InChI is InChI=1S/C12H14Cl2O2/c13-12(14,8-4-5-9-15)11(16)10-6-2-1-3-7-10/h1-3,6-7,15H,4-5,8-9H2. The van der Waals surface area contributed by atoms with E-state index in [1.165, 1.54) is 0 Å². The lowest BCUT2D eigenvalue weighted by atomic mass is 10.0. The summed E-state index contributed by atoms with van der Waals surface area (Å²) in [5.74, 6) is -0.283. The monoisotopic (exact) mass is 260 g/mol. The van der Waals surface area contributed by atoms with E-state index in [2.05, 4.69) is 0 Å². The summed E-state index contributed by atoms with van der Waals surface area (Å²) in [7, 11) is 0. The van der Waals surface area contributed by atoms with Gasteiger partial charge >= 0.3 is 0 Å². The Labute approximate surface area is 105 Å². The molecule has 16 heavy (non-hydrogen) atoms. The number of rotatable bonds is 6. The maximum atomic E-state index is 11.9. The molecular weight excluding hydrogens is 247 g/mol. The first kappa shape index (κ1) is 13.5. The van der Waals surface area contributed by atoms with Crippen molar-refractivity contribution in [2.75, 3.05) is 6.61 Å². The van der Waals surface area contributed by atoms with Crippen molar-refractivity contribution in [3.05, 3.63) is 35.9 Å². The van der Waals surface area contributed by atoms with E-state index in [4.69, 9.17) is 28.3 Å². The van der Waals surface area contributed by atoms with Gasteiger partial charge in [-0.15, -0.1) is 0 Å². The molecule has 88 valence electrons. The van der Waals surface area contributed by atoms with Gasteiger partial charge in [0, 0.05) is 12.2 Å². The van der Waals surface area contributed by atoms with E-state index in [1.54, 1.807) is 24.3 Å². The second-order valence-corrected chi connectivity index (χ2v) is 5.06. The van der Waals surface area contributed by atoms with Crippen LogP contribution in [0.15, 0.2) is 30.3 Å². The highest BCUT2D eigenvalue weighted by Gasteiger charge is 2.33. The molecule has 0 aliphatic heterocycles. The minimum absolute atomic E-state index is 0.0867. The molecule has 0 amide bonds. The Hall–Kier alpha value is -0.570. The third-order valence-corrected chi connectivity index (χ3v) is 2.99. The quantitative estimate of drug-likeness (QED) is 0.485. The van der Waals surface area contributed by atoms with Gasteiger partial charge in [-0.25, -0.2) is 0 Å².